The van der Waals surface area contributed by atoms with Crippen LogP contribution in [0.25, 0.3) is 11.1 Å². The monoisotopic (exact) mass is 354 g/mol. The molecule has 0 unspecified atom stereocenters. The topological polar surface area (TPSA) is 58.6 Å². The maximum atomic E-state index is 12.6. The fraction of sp³-hybridized carbons (Fsp3) is 0.450. The van der Waals surface area contributed by atoms with Crippen molar-refractivity contribution in [1.29, 1.82) is 0 Å². The quantitative estimate of drug-likeness (QED) is 0.845. The second-order valence-corrected chi connectivity index (χ2v) is 6.87. The van der Waals surface area contributed by atoms with Gasteiger partial charge in [-0.25, -0.2) is 4.98 Å². The first-order valence-electron chi connectivity index (χ1n) is 9.02. The minimum atomic E-state index is -0.105. The molecule has 0 spiro atoms. The van der Waals surface area contributed by atoms with Gasteiger partial charge < -0.3 is 9.64 Å². The molecule has 1 aliphatic rings. The van der Waals surface area contributed by atoms with Crippen molar-refractivity contribution in [2.75, 3.05) is 43.2 Å². The number of hydrogen-bond acceptors (Lipinski definition) is 5. The number of ether oxygens (including phenoxy) is 1. The molecule has 6 heteroatoms. The molecule has 3 rings (SSSR count). The van der Waals surface area contributed by atoms with E-state index in [0.717, 1.165) is 29.8 Å². The Kier molecular flexibility index (Phi) is 5.52. The summed E-state index contributed by atoms with van der Waals surface area (Å²) < 4.78 is 5.42. The number of aryl methyl sites for hydroxylation is 1. The lowest BCUT2D eigenvalue weighted by Crippen LogP contribution is -2.38. The molecule has 0 aliphatic carbocycles. The molecule has 1 amide bonds. The maximum absolute atomic E-state index is 12.6. The highest BCUT2D eigenvalue weighted by Crippen LogP contribution is 2.32. The van der Waals surface area contributed by atoms with E-state index in [1.807, 2.05) is 38.2 Å². The van der Waals surface area contributed by atoms with Crippen molar-refractivity contribution in [3.63, 3.8) is 0 Å². The summed E-state index contributed by atoms with van der Waals surface area (Å²) in [4.78, 5) is 25.8. The van der Waals surface area contributed by atoms with E-state index in [1.165, 1.54) is 0 Å². The van der Waals surface area contributed by atoms with Gasteiger partial charge in [-0.1, -0.05) is 38.1 Å². The van der Waals surface area contributed by atoms with E-state index >= 15 is 0 Å². The number of anilines is 2. The molecule has 138 valence electrons. The summed E-state index contributed by atoms with van der Waals surface area (Å²) in [5, 5.41) is 0. The predicted octanol–water partition coefficient (Wildman–Crippen LogP) is 2.91. The van der Waals surface area contributed by atoms with Gasteiger partial charge in [0.15, 0.2) is 0 Å². The summed E-state index contributed by atoms with van der Waals surface area (Å²) in [6.45, 7) is 8.69. The molecule has 0 N–H and O–H groups in total. The first-order chi connectivity index (χ1) is 12.5. The standard InChI is InChI=1S/C20H26N4O2/c1-14(2)19(25)23(4)18-17(16-8-6-5-7-15(16)3)13-21-20(22-18)24-9-11-26-12-10-24/h5-8,13-14H,9-12H2,1-4H3. The summed E-state index contributed by atoms with van der Waals surface area (Å²) in [5.41, 5.74) is 3.04. The molecule has 0 saturated carbocycles. The lowest BCUT2D eigenvalue weighted by atomic mass is 10.0. The van der Waals surface area contributed by atoms with Crippen LogP contribution in [0.4, 0.5) is 11.8 Å². The molecule has 1 saturated heterocycles. The van der Waals surface area contributed by atoms with Gasteiger partial charge in [0.25, 0.3) is 0 Å². The van der Waals surface area contributed by atoms with E-state index in [0.29, 0.717) is 25.0 Å². The number of carbonyl (C=O) groups excluding carboxylic acids is 1. The second kappa shape index (κ2) is 7.83. The molecule has 26 heavy (non-hydrogen) atoms. The van der Waals surface area contributed by atoms with Crippen LogP contribution in [-0.4, -0.2) is 49.2 Å². The summed E-state index contributed by atoms with van der Waals surface area (Å²) in [6.07, 6.45) is 1.83. The van der Waals surface area contributed by atoms with Crippen LogP contribution in [0.3, 0.4) is 0 Å². The van der Waals surface area contributed by atoms with E-state index in [-0.39, 0.29) is 11.8 Å². The average Bonchev–Trinajstić information content (AvgIpc) is 2.67. The summed E-state index contributed by atoms with van der Waals surface area (Å²) in [5.74, 6) is 1.22. The van der Waals surface area contributed by atoms with Crippen LogP contribution in [0.1, 0.15) is 19.4 Å². The van der Waals surface area contributed by atoms with Gasteiger partial charge >= 0.3 is 0 Å². The molecule has 0 atom stereocenters. The van der Waals surface area contributed by atoms with Crippen LogP contribution in [0, 0.1) is 12.8 Å². The maximum Gasteiger partial charge on any atom is 0.230 e. The Morgan fingerprint density at radius 3 is 2.54 bits per heavy atom. The fourth-order valence-corrected chi connectivity index (χ4v) is 3.09. The summed E-state index contributed by atoms with van der Waals surface area (Å²) >= 11 is 0. The van der Waals surface area contributed by atoms with Crippen molar-refractivity contribution in [2.24, 2.45) is 5.92 Å². The summed E-state index contributed by atoms with van der Waals surface area (Å²) in [7, 11) is 1.79. The number of nitrogens with zero attached hydrogens (tertiary/aromatic N) is 4. The number of morpholine rings is 1. The lowest BCUT2D eigenvalue weighted by Gasteiger charge is -2.29. The second-order valence-electron chi connectivity index (χ2n) is 6.87. The van der Waals surface area contributed by atoms with Crippen LogP contribution < -0.4 is 9.80 Å². The van der Waals surface area contributed by atoms with Gasteiger partial charge in [-0.05, 0) is 18.1 Å². The zero-order valence-electron chi connectivity index (χ0n) is 15.9. The van der Waals surface area contributed by atoms with Gasteiger partial charge in [0.05, 0.1) is 13.2 Å². The number of hydrogen-bond donors (Lipinski definition) is 0. The smallest absolute Gasteiger partial charge is 0.230 e. The molecular formula is C20H26N4O2. The Balaban J connectivity index is 2.08. The van der Waals surface area contributed by atoms with Crippen LogP contribution in [0.15, 0.2) is 30.5 Å². The first-order valence-corrected chi connectivity index (χ1v) is 9.02. The van der Waals surface area contributed by atoms with Crippen molar-refractivity contribution in [3.05, 3.63) is 36.0 Å². The minimum absolute atomic E-state index is 0.0338. The Morgan fingerprint density at radius 2 is 1.88 bits per heavy atom. The molecular weight excluding hydrogens is 328 g/mol. The fourth-order valence-electron chi connectivity index (χ4n) is 3.09. The van der Waals surface area contributed by atoms with E-state index in [9.17, 15) is 4.79 Å². The molecule has 1 fully saturated rings. The van der Waals surface area contributed by atoms with Gasteiger partial charge in [0.1, 0.15) is 5.82 Å². The number of carbonyl (C=O) groups is 1. The SMILES string of the molecule is Cc1ccccc1-c1cnc(N2CCOCC2)nc1N(C)C(=O)C(C)C. The first kappa shape index (κ1) is 18.3. The van der Waals surface area contributed by atoms with Crippen molar-refractivity contribution in [2.45, 2.75) is 20.8 Å². The number of aromatic nitrogens is 2. The Bertz CT molecular complexity index is 785. The third-order valence-electron chi connectivity index (χ3n) is 4.63. The number of benzene rings is 1. The Hall–Kier alpha value is -2.47. The van der Waals surface area contributed by atoms with E-state index in [1.54, 1.807) is 11.9 Å². The zero-order chi connectivity index (χ0) is 18.7. The average molecular weight is 354 g/mol. The Labute approximate surface area is 154 Å². The third kappa shape index (κ3) is 3.70. The van der Waals surface area contributed by atoms with Gasteiger partial charge in [-0.15, -0.1) is 0 Å². The molecule has 2 heterocycles. The molecule has 1 aromatic heterocycles. The lowest BCUT2D eigenvalue weighted by molar-refractivity contribution is -0.121. The van der Waals surface area contributed by atoms with E-state index in [4.69, 9.17) is 9.72 Å². The van der Waals surface area contributed by atoms with Gasteiger partial charge in [0, 0.05) is 37.8 Å². The summed E-state index contributed by atoms with van der Waals surface area (Å²) in [6, 6.07) is 8.09. The largest absolute Gasteiger partial charge is 0.378 e. The van der Waals surface area contributed by atoms with Gasteiger partial charge in [-0.2, -0.15) is 4.98 Å². The highest BCUT2D eigenvalue weighted by atomic mass is 16.5. The molecule has 1 aliphatic heterocycles. The van der Waals surface area contributed by atoms with Crippen LogP contribution in [0.2, 0.25) is 0 Å². The molecule has 2 aromatic rings. The minimum Gasteiger partial charge on any atom is -0.378 e. The third-order valence-corrected chi connectivity index (χ3v) is 4.63. The molecule has 1 aromatic carbocycles. The van der Waals surface area contributed by atoms with Gasteiger partial charge in [0.2, 0.25) is 11.9 Å². The zero-order valence-corrected chi connectivity index (χ0v) is 15.9. The number of amides is 1. The number of rotatable bonds is 4. The predicted molar refractivity (Wildman–Crippen MR) is 103 cm³/mol. The van der Waals surface area contributed by atoms with Crippen molar-refractivity contribution in [1.82, 2.24) is 9.97 Å². The van der Waals surface area contributed by atoms with Gasteiger partial charge in [-0.3, -0.25) is 9.69 Å². The highest BCUT2D eigenvalue weighted by Gasteiger charge is 2.23. The van der Waals surface area contributed by atoms with E-state index < -0.39 is 0 Å². The normalized spacial score (nSPS) is 14.6. The van der Waals surface area contributed by atoms with Crippen molar-refractivity contribution in [3.8, 4) is 11.1 Å². The van der Waals surface area contributed by atoms with Crippen molar-refractivity contribution >= 4 is 17.7 Å². The van der Waals surface area contributed by atoms with Crippen molar-refractivity contribution < 1.29 is 9.53 Å². The van der Waals surface area contributed by atoms with Crippen LogP contribution in [0.5, 0.6) is 0 Å². The van der Waals surface area contributed by atoms with Crippen LogP contribution in [-0.2, 0) is 9.53 Å². The molecule has 0 bridgehead atoms. The molecule has 6 nitrogen and oxygen atoms in total. The Morgan fingerprint density at radius 1 is 1.19 bits per heavy atom. The van der Waals surface area contributed by atoms with Crippen LogP contribution >= 0.6 is 0 Å². The van der Waals surface area contributed by atoms with E-state index in [2.05, 4.69) is 22.9 Å². The molecule has 0 radical (unpaired) electrons. The highest BCUT2D eigenvalue weighted by molar-refractivity contribution is 5.97.